The van der Waals surface area contributed by atoms with Gasteiger partial charge < -0.3 is 16.3 Å². The predicted molar refractivity (Wildman–Crippen MR) is 60.9 cm³/mol. The average Bonchev–Trinajstić information content (AvgIpc) is 2.26. The summed E-state index contributed by atoms with van der Waals surface area (Å²) >= 11 is 0. The van der Waals surface area contributed by atoms with Gasteiger partial charge in [0.15, 0.2) is 5.84 Å². The second-order valence-electron chi connectivity index (χ2n) is 3.83. The van der Waals surface area contributed by atoms with Gasteiger partial charge in [-0.3, -0.25) is 0 Å². The molecule has 0 aromatic heterocycles. The molecular weight excluding hydrogens is 209 g/mol. The van der Waals surface area contributed by atoms with Gasteiger partial charge in [-0.1, -0.05) is 31.1 Å². The zero-order valence-electron chi connectivity index (χ0n) is 9.37. The predicted octanol–water partition coefficient (Wildman–Crippen LogP) is 1.42. The van der Waals surface area contributed by atoms with Crippen LogP contribution < -0.4 is 11.1 Å². The van der Waals surface area contributed by atoms with E-state index in [4.69, 9.17) is 10.9 Å². The van der Waals surface area contributed by atoms with Crippen LogP contribution in [0.5, 0.6) is 0 Å². The van der Waals surface area contributed by atoms with Crippen molar-refractivity contribution in [1.82, 2.24) is 5.32 Å². The lowest BCUT2D eigenvalue weighted by Crippen LogP contribution is -2.22. The lowest BCUT2D eigenvalue weighted by Gasteiger charge is -2.09. The topological polar surface area (TPSA) is 70.6 Å². The van der Waals surface area contributed by atoms with Crippen LogP contribution in [0.4, 0.5) is 4.39 Å². The monoisotopic (exact) mass is 225 g/mol. The SMILES string of the molecule is CC(C)NCc1ccc(C(N)=NO)cc1F. The Balaban J connectivity index is 2.83. The van der Waals surface area contributed by atoms with E-state index < -0.39 is 0 Å². The van der Waals surface area contributed by atoms with Crippen molar-refractivity contribution < 1.29 is 9.60 Å². The van der Waals surface area contributed by atoms with Crippen molar-refractivity contribution in [1.29, 1.82) is 0 Å². The highest BCUT2D eigenvalue weighted by Gasteiger charge is 2.06. The lowest BCUT2D eigenvalue weighted by molar-refractivity contribution is 0.318. The minimum absolute atomic E-state index is 0.0951. The summed E-state index contributed by atoms with van der Waals surface area (Å²) in [6, 6.07) is 4.79. The third-order valence-corrected chi connectivity index (χ3v) is 2.16. The maximum Gasteiger partial charge on any atom is 0.170 e. The van der Waals surface area contributed by atoms with Crippen LogP contribution in [0.15, 0.2) is 23.4 Å². The minimum Gasteiger partial charge on any atom is -0.409 e. The van der Waals surface area contributed by atoms with E-state index >= 15 is 0 Å². The molecule has 0 fully saturated rings. The highest BCUT2D eigenvalue weighted by Crippen LogP contribution is 2.10. The number of benzene rings is 1. The van der Waals surface area contributed by atoms with Crippen LogP contribution in [0, 0.1) is 5.82 Å². The van der Waals surface area contributed by atoms with Crippen molar-refractivity contribution in [2.45, 2.75) is 26.4 Å². The summed E-state index contributed by atoms with van der Waals surface area (Å²) in [5, 5.41) is 14.4. The van der Waals surface area contributed by atoms with Gasteiger partial charge in [0.1, 0.15) is 5.82 Å². The molecule has 0 bridgehead atoms. The van der Waals surface area contributed by atoms with Crippen LogP contribution >= 0.6 is 0 Å². The number of hydrogen-bond acceptors (Lipinski definition) is 3. The van der Waals surface area contributed by atoms with E-state index in [1.54, 1.807) is 12.1 Å². The summed E-state index contributed by atoms with van der Waals surface area (Å²) in [5.74, 6) is -0.459. The summed E-state index contributed by atoms with van der Waals surface area (Å²) in [7, 11) is 0. The Kier molecular flexibility index (Phi) is 4.25. The summed E-state index contributed by atoms with van der Waals surface area (Å²) in [6.45, 7) is 4.44. The van der Waals surface area contributed by atoms with Gasteiger partial charge in [0.2, 0.25) is 0 Å². The van der Waals surface area contributed by atoms with Crippen LogP contribution in [0.2, 0.25) is 0 Å². The minimum atomic E-state index is -0.364. The first kappa shape index (κ1) is 12.4. The molecule has 1 rings (SSSR count). The van der Waals surface area contributed by atoms with Crippen LogP contribution in [0.3, 0.4) is 0 Å². The molecule has 0 radical (unpaired) electrons. The molecule has 88 valence electrons. The number of rotatable bonds is 4. The number of hydrogen-bond donors (Lipinski definition) is 3. The van der Waals surface area contributed by atoms with Crippen molar-refractivity contribution in [2.75, 3.05) is 0 Å². The molecule has 0 unspecified atom stereocenters. The van der Waals surface area contributed by atoms with E-state index in [9.17, 15) is 4.39 Å². The number of halogens is 1. The Morgan fingerprint density at radius 1 is 1.56 bits per heavy atom. The molecule has 4 nitrogen and oxygen atoms in total. The van der Waals surface area contributed by atoms with E-state index in [1.165, 1.54) is 6.07 Å². The van der Waals surface area contributed by atoms with E-state index in [-0.39, 0.29) is 11.7 Å². The van der Waals surface area contributed by atoms with Crippen LogP contribution in [-0.2, 0) is 6.54 Å². The largest absolute Gasteiger partial charge is 0.409 e. The van der Waals surface area contributed by atoms with Gasteiger partial charge >= 0.3 is 0 Å². The Morgan fingerprint density at radius 3 is 2.75 bits per heavy atom. The van der Waals surface area contributed by atoms with Gasteiger partial charge in [-0.2, -0.15) is 0 Å². The molecule has 16 heavy (non-hydrogen) atoms. The smallest absolute Gasteiger partial charge is 0.170 e. The molecule has 0 aliphatic carbocycles. The first-order valence-electron chi connectivity index (χ1n) is 5.04. The molecule has 0 saturated heterocycles. The van der Waals surface area contributed by atoms with Gasteiger partial charge in [0.25, 0.3) is 0 Å². The Morgan fingerprint density at radius 2 is 2.25 bits per heavy atom. The number of oxime groups is 1. The fraction of sp³-hybridized carbons (Fsp3) is 0.364. The zero-order valence-corrected chi connectivity index (χ0v) is 9.37. The van der Waals surface area contributed by atoms with Crippen LogP contribution in [0.25, 0.3) is 0 Å². The molecule has 5 heteroatoms. The van der Waals surface area contributed by atoms with Crippen molar-refractivity contribution in [3.05, 3.63) is 35.1 Å². The van der Waals surface area contributed by atoms with E-state index in [0.29, 0.717) is 23.7 Å². The summed E-state index contributed by atoms with van der Waals surface area (Å²) in [4.78, 5) is 0. The zero-order chi connectivity index (χ0) is 12.1. The summed E-state index contributed by atoms with van der Waals surface area (Å²) in [5.41, 5.74) is 6.28. The van der Waals surface area contributed by atoms with Gasteiger partial charge in [-0.25, -0.2) is 4.39 Å². The Labute approximate surface area is 94.0 Å². The highest BCUT2D eigenvalue weighted by atomic mass is 19.1. The molecule has 0 aliphatic rings. The molecule has 0 spiro atoms. The molecule has 4 N–H and O–H groups in total. The number of nitrogens with two attached hydrogens (primary N) is 1. The van der Waals surface area contributed by atoms with Crippen LogP contribution in [0.1, 0.15) is 25.0 Å². The van der Waals surface area contributed by atoms with Crippen molar-refractivity contribution in [3.8, 4) is 0 Å². The molecule has 0 saturated carbocycles. The molecule has 0 amide bonds. The third kappa shape index (κ3) is 3.20. The maximum absolute atomic E-state index is 13.6. The highest BCUT2D eigenvalue weighted by molar-refractivity contribution is 5.97. The maximum atomic E-state index is 13.6. The third-order valence-electron chi connectivity index (χ3n) is 2.16. The second kappa shape index (κ2) is 5.46. The molecule has 0 heterocycles. The molecule has 0 aliphatic heterocycles. The Bertz CT molecular complexity index is 391. The average molecular weight is 225 g/mol. The molecular formula is C11H16FN3O. The molecule has 1 aromatic rings. The van der Waals surface area contributed by atoms with E-state index in [2.05, 4.69) is 10.5 Å². The van der Waals surface area contributed by atoms with Gasteiger partial charge in [0.05, 0.1) is 0 Å². The molecule has 1 aromatic carbocycles. The quantitative estimate of drug-likeness (QED) is 0.314. The first-order valence-corrected chi connectivity index (χ1v) is 5.04. The number of nitrogens with zero attached hydrogens (tertiary/aromatic N) is 1. The molecule has 0 atom stereocenters. The van der Waals surface area contributed by atoms with E-state index in [0.717, 1.165) is 0 Å². The van der Waals surface area contributed by atoms with Gasteiger partial charge in [0, 0.05) is 23.7 Å². The number of amidine groups is 1. The van der Waals surface area contributed by atoms with Gasteiger partial charge in [-0.15, -0.1) is 0 Å². The van der Waals surface area contributed by atoms with Crippen molar-refractivity contribution >= 4 is 5.84 Å². The fourth-order valence-corrected chi connectivity index (χ4v) is 1.22. The van der Waals surface area contributed by atoms with Crippen molar-refractivity contribution in [2.24, 2.45) is 10.9 Å². The first-order chi connectivity index (χ1) is 7.54. The normalized spacial score (nSPS) is 12.1. The van der Waals surface area contributed by atoms with E-state index in [1.807, 2.05) is 13.8 Å². The lowest BCUT2D eigenvalue weighted by atomic mass is 10.1. The summed E-state index contributed by atoms with van der Waals surface area (Å²) < 4.78 is 13.6. The van der Waals surface area contributed by atoms with Crippen LogP contribution in [-0.4, -0.2) is 17.1 Å². The fourth-order valence-electron chi connectivity index (χ4n) is 1.22. The summed E-state index contributed by atoms with van der Waals surface area (Å²) in [6.07, 6.45) is 0. The second-order valence-corrected chi connectivity index (χ2v) is 3.83. The van der Waals surface area contributed by atoms with Gasteiger partial charge in [-0.05, 0) is 6.07 Å². The standard InChI is InChI=1S/C11H16FN3O/c1-7(2)14-6-9-4-3-8(5-10(9)12)11(13)15-16/h3-5,7,14,16H,6H2,1-2H3,(H2,13,15). The van der Waals surface area contributed by atoms with Crippen molar-refractivity contribution in [3.63, 3.8) is 0 Å². The Hall–Kier alpha value is -1.62. The number of nitrogens with one attached hydrogen (secondary N) is 1.